The van der Waals surface area contributed by atoms with Crippen molar-refractivity contribution in [1.82, 2.24) is 9.78 Å². The summed E-state index contributed by atoms with van der Waals surface area (Å²) < 4.78 is 29.0. The van der Waals surface area contributed by atoms with Crippen LogP contribution >= 0.6 is 0 Å². The summed E-state index contributed by atoms with van der Waals surface area (Å²) in [7, 11) is 1.43. The van der Waals surface area contributed by atoms with Gasteiger partial charge in [0.2, 0.25) is 0 Å². The molecule has 0 aliphatic rings. The van der Waals surface area contributed by atoms with Crippen molar-refractivity contribution in [3.8, 4) is 5.88 Å². The van der Waals surface area contributed by atoms with E-state index < -0.39 is 29.5 Å². The van der Waals surface area contributed by atoms with E-state index in [1.807, 2.05) is 0 Å². The van der Waals surface area contributed by atoms with Crippen LogP contribution in [0.3, 0.4) is 0 Å². The van der Waals surface area contributed by atoms with Crippen LogP contribution in [0.5, 0.6) is 5.88 Å². The summed E-state index contributed by atoms with van der Waals surface area (Å²) in [4.78, 5) is 9.62. The maximum Gasteiger partial charge on any atom is 0.350 e. The van der Waals surface area contributed by atoms with Crippen molar-refractivity contribution in [3.63, 3.8) is 0 Å². The molecular weight excluding hydrogens is 200 g/mol. The number of nitro groups is 1. The lowest BCUT2D eigenvalue weighted by Gasteiger charge is -1.99. The summed E-state index contributed by atoms with van der Waals surface area (Å²) in [5.41, 5.74) is -0.423. The number of ether oxygens (including phenoxy) is 1. The van der Waals surface area contributed by atoms with Crippen molar-refractivity contribution in [2.45, 2.75) is 6.43 Å². The zero-order valence-electron chi connectivity index (χ0n) is 7.18. The van der Waals surface area contributed by atoms with Crippen LogP contribution < -0.4 is 4.74 Å². The summed E-state index contributed by atoms with van der Waals surface area (Å²) in [6.45, 7) is -0.905. The third kappa shape index (κ3) is 2.38. The number of hydrogen-bond donors (Lipinski definition) is 0. The Morgan fingerprint density at radius 2 is 2.43 bits per heavy atom. The molecule has 1 aromatic heterocycles. The number of aromatic nitrogens is 2. The topological polar surface area (TPSA) is 70.2 Å². The lowest BCUT2D eigenvalue weighted by Crippen LogP contribution is -2.08. The highest BCUT2D eigenvalue weighted by Gasteiger charge is 2.20. The quantitative estimate of drug-likeness (QED) is 0.544. The van der Waals surface area contributed by atoms with Gasteiger partial charge in [-0.2, -0.15) is 0 Å². The maximum absolute atomic E-state index is 11.7. The number of alkyl halides is 2. The van der Waals surface area contributed by atoms with Crippen LogP contribution in [0.25, 0.3) is 0 Å². The van der Waals surface area contributed by atoms with Crippen molar-refractivity contribution in [2.24, 2.45) is 7.05 Å². The second-order valence-electron chi connectivity index (χ2n) is 2.45. The van der Waals surface area contributed by atoms with E-state index in [4.69, 9.17) is 0 Å². The maximum atomic E-state index is 11.7. The van der Waals surface area contributed by atoms with E-state index in [1.54, 1.807) is 0 Å². The van der Waals surface area contributed by atoms with Crippen LogP contribution in [0, 0.1) is 10.1 Å². The Hall–Kier alpha value is -1.73. The van der Waals surface area contributed by atoms with Gasteiger partial charge in [-0.25, -0.2) is 8.78 Å². The summed E-state index contributed by atoms with van der Waals surface area (Å²) >= 11 is 0. The second kappa shape index (κ2) is 3.99. The summed E-state index contributed by atoms with van der Waals surface area (Å²) in [5.74, 6) is -0.391. The molecule has 0 unspecified atom stereocenters. The number of rotatable bonds is 4. The molecule has 0 aliphatic heterocycles. The van der Waals surface area contributed by atoms with Crippen LogP contribution in [0.15, 0.2) is 6.20 Å². The van der Waals surface area contributed by atoms with Crippen molar-refractivity contribution in [3.05, 3.63) is 16.3 Å². The molecule has 0 fully saturated rings. The molecule has 0 saturated carbocycles. The standard InChI is InChI=1S/C6H7F2N3O3/c1-10-2-4(11(12)13)6(9-10)14-3-5(7)8/h2,5H,3H2,1H3. The molecule has 0 aliphatic carbocycles. The minimum Gasteiger partial charge on any atom is -0.466 e. The van der Waals surface area contributed by atoms with Gasteiger partial charge >= 0.3 is 11.6 Å². The Morgan fingerprint density at radius 3 is 2.93 bits per heavy atom. The summed E-state index contributed by atoms with van der Waals surface area (Å²) in [5, 5.41) is 13.9. The first-order chi connectivity index (χ1) is 6.50. The lowest BCUT2D eigenvalue weighted by atomic mass is 10.5. The van der Waals surface area contributed by atoms with Gasteiger partial charge < -0.3 is 4.74 Å². The van der Waals surface area contributed by atoms with Gasteiger partial charge in [-0.1, -0.05) is 0 Å². The third-order valence-corrected chi connectivity index (χ3v) is 1.32. The molecule has 0 atom stereocenters. The Bertz CT molecular complexity index is 339. The molecular formula is C6H7F2N3O3. The predicted molar refractivity (Wildman–Crippen MR) is 41.4 cm³/mol. The molecule has 8 heteroatoms. The minimum atomic E-state index is -2.68. The van der Waals surface area contributed by atoms with E-state index >= 15 is 0 Å². The molecule has 1 rings (SSSR count). The van der Waals surface area contributed by atoms with E-state index in [2.05, 4.69) is 9.84 Å². The molecule has 0 N–H and O–H groups in total. The fourth-order valence-corrected chi connectivity index (χ4v) is 0.826. The van der Waals surface area contributed by atoms with Gasteiger partial charge in [0.1, 0.15) is 6.20 Å². The zero-order chi connectivity index (χ0) is 10.7. The number of nitrogens with zero attached hydrogens (tertiary/aromatic N) is 3. The molecule has 6 nitrogen and oxygen atoms in total. The number of aryl methyl sites for hydroxylation is 1. The first-order valence-corrected chi connectivity index (χ1v) is 3.59. The van der Waals surface area contributed by atoms with Gasteiger partial charge in [0.25, 0.3) is 6.43 Å². The Kier molecular flexibility index (Phi) is 2.95. The normalized spacial score (nSPS) is 10.6. The first kappa shape index (κ1) is 10.4. The number of halogens is 2. The molecule has 1 heterocycles. The van der Waals surface area contributed by atoms with Crippen molar-refractivity contribution >= 4 is 5.69 Å². The third-order valence-electron chi connectivity index (χ3n) is 1.32. The van der Waals surface area contributed by atoms with E-state index in [1.165, 1.54) is 7.05 Å². The largest absolute Gasteiger partial charge is 0.466 e. The van der Waals surface area contributed by atoms with Gasteiger partial charge in [-0.05, 0) is 0 Å². The summed E-state index contributed by atoms with van der Waals surface area (Å²) in [6.07, 6.45) is -1.60. The smallest absolute Gasteiger partial charge is 0.350 e. The molecule has 0 spiro atoms. The van der Waals surface area contributed by atoms with Crippen LogP contribution in [-0.4, -0.2) is 27.7 Å². The highest BCUT2D eigenvalue weighted by atomic mass is 19.3. The molecule has 1 aromatic rings. The fourth-order valence-electron chi connectivity index (χ4n) is 0.826. The Morgan fingerprint density at radius 1 is 1.79 bits per heavy atom. The van der Waals surface area contributed by atoms with E-state index in [0.717, 1.165) is 10.9 Å². The first-order valence-electron chi connectivity index (χ1n) is 3.59. The SMILES string of the molecule is Cn1cc([N+](=O)[O-])c(OCC(F)F)n1. The Balaban J connectivity index is 2.79. The molecule has 0 amide bonds. The summed E-state index contributed by atoms with van der Waals surface area (Å²) in [6, 6.07) is 0. The monoisotopic (exact) mass is 207 g/mol. The van der Waals surface area contributed by atoms with E-state index in [0.29, 0.717) is 0 Å². The van der Waals surface area contributed by atoms with E-state index in [9.17, 15) is 18.9 Å². The van der Waals surface area contributed by atoms with E-state index in [-0.39, 0.29) is 0 Å². The Labute approximate surface area is 77.2 Å². The molecule has 14 heavy (non-hydrogen) atoms. The van der Waals surface area contributed by atoms with Gasteiger partial charge in [0, 0.05) is 7.05 Å². The van der Waals surface area contributed by atoms with Crippen molar-refractivity contribution in [2.75, 3.05) is 6.61 Å². The average molecular weight is 207 g/mol. The van der Waals surface area contributed by atoms with Crippen LogP contribution in [0.2, 0.25) is 0 Å². The second-order valence-corrected chi connectivity index (χ2v) is 2.45. The van der Waals surface area contributed by atoms with Crippen LogP contribution in [-0.2, 0) is 7.05 Å². The van der Waals surface area contributed by atoms with Crippen LogP contribution in [0.4, 0.5) is 14.5 Å². The zero-order valence-corrected chi connectivity index (χ0v) is 7.18. The van der Waals surface area contributed by atoms with Crippen molar-refractivity contribution in [1.29, 1.82) is 0 Å². The van der Waals surface area contributed by atoms with Crippen LogP contribution in [0.1, 0.15) is 0 Å². The molecule has 0 saturated heterocycles. The average Bonchev–Trinajstić information content (AvgIpc) is 2.43. The molecule has 78 valence electrons. The highest BCUT2D eigenvalue weighted by molar-refractivity contribution is 5.38. The molecule has 0 bridgehead atoms. The van der Waals surface area contributed by atoms with Gasteiger partial charge in [0.05, 0.1) is 4.92 Å². The molecule has 0 radical (unpaired) electrons. The highest BCUT2D eigenvalue weighted by Crippen LogP contribution is 2.24. The number of hydrogen-bond acceptors (Lipinski definition) is 4. The lowest BCUT2D eigenvalue weighted by molar-refractivity contribution is -0.386. The van der Waals surface area contributed by atoms with Crippen molar-refractivity contribution < 1.29 is 18.4 Å². The fraction of sp³-hybridized carbons (Fsp3) is 0.500. The van der Waals surface area contributed by atoms with Gasteiger partial charge in [-0.15, -0.1) is 5.10 Å². The minimum absolute atomic E-state index is 0.391. The predicted octanol–water partition coefficient (Wildman–Crippen LogP) is 0.972. The van der Waals surface area contributed by atoms with Gasteiger partial charge in [-0.3, -0.25) is 14.8 Å². The van der Waals surface area contributed by atoms with Gasteiger partial charge in [0.15, 0.2) is 6.61 Å². The molecule has 0 aromatic carbocycles.